The van der Waals surface area contributed by atoms with Crippen LogP contribution in [0.5, 0.6) is 5.75 Å². The van der Waals surface area contributed by atoms with Crippen LogP contribution in [0.4, 0.5) is 15.8 Å². The molecule has 1 N–H and O–H groups in total. The van der Waals surface area contributed by atoms with E-state index in [9.17, 15) is 9.50 Å². The van der Waals surface area contributed by atoms with E-state index in [1.165, 1.54) is 6.07 Å². The van der Waals surface area contributed by atoms with Gasteiger partial charge in [0.15, 0.2) is 0 Å². The Kier molecular flexibility index (Phi) is 3.80. The topological polar surface area (TPSA) is 32.7 Å². The number of anilines is 2. The minimum atomic E-state index is -0.863. The van der Waals surface area contributed by atoms with E-state index in [1.54, 1.807) is 13.0 Å². The fourth-order valence-corrected chi connectivity index (χ4v) is 2.75. The van der Waals surface area contributed by atoms with Crippen molar-refractivity contribution in [3.05, 3.63) is 53.8 Å². The van der Waals surface area contributed by atoms with E-state index in [0.29, 0.717) is 17.9 Å². The fourth-order valence-electron chi connectivity index (χ4n) is 2.75. The Morgan fingerprint density at radius 3 is 2.71 bits per heavy atom. The highest BCUT2D eigenvalue weighted by Gasteiger charge is 2.23. The van der Waals surface area contributed by atoms with Crippen molar-refractivity contribution in [1.29, 1.82) is 0 Å². The lowest BCUT2D eigenvalue weighted by molar-refractivity contribution is 0.194. The van der Waals surface area contributed by atoms with Gasteiger partial charge in [0.2, 0.25) is 0 Å². The second kappa shape index (κ2) is 5.74. The van der Waals surface area contributed by atoms with Gasteiger partial charge in [0.25, 0.3) is 0 Å². The Balaban J connectivity index is 2.15. The summed E-state index contributed by atoms with van der Waals surface area (Å²) in [7, 11) is 0. The summed E-state index contributed by atoms with van der Waals surface area (Å²) in [5.74, 6) is 0.404. The first-order valence-corrected chi connectivity index (χ1v) is 7.14. The molecule has 110 valence electrons. The van der Waals surface area contributed by atoms with Gasteiger partial charge in [0.1, 0.15) is 11.6 Å². The summed E-state index contributed by atoms with van der Waals surface area (Å²) < 4.78 is 19.8. The predicted molar refractivity (Wildman–Crippen MR) is 80.6 cm³/mol. The average Bonchev–Trinajstić information content (AvgIpc) is 2.68. The molecule has 0 spiro atoms. The summed E-state index contributed by atoms with van der Waals surface area (Å²) in [6, 6.07) is 12.6. The molecule has 3 nitrogen and oxygen atoms in total. The standard InChI is InChI=1S/C17H18FNO2/c1-12(20)17-13(18)6-4-8-15(17)19-10-5-11-21-16-9-3-2-7-14(16)19/h2-4,6-9,12,20H,5,10-11H2,1H3/t12-/m0/s1. The molecular weight excluding hydrogens is 269 g/mol. The summed E-state index contributed by atoms with van der Waals surface area (Å²) in [5, 5.41) is 9.94. The predicted octanol–water partition coefficient (Wildman–Crippen LogP) is 3.80. The fraction of sp³-hybridized carbons (Fsp3) is 0.294. The molecule has 21 heavy (non-hydrogen) atoms. The Labute approximate surface area is 123 Å². The molecule has 1 aliphatic heterocycles. The SMILES string of the molecule is C[C@H](O)c1c(F)cccc1N1CCCOc2ccccc21. The minimum absolute atomic E-state index is 0.328. The van der Waals surface area contributed by atoms with Gasteiger partial charge in [0.05, 0.1) is 18.4 Å². The van der Waals surface area contributed by atoms with Gasteiger partial charge < -0.3 is 14.7 Å². The van der Waals surface area contributed by atoms with E-state index >= 15 is 0 Å². The zero-order chi connectivity index (χ0) is 14.8. The van der Waals surface area contributed by atoms with E-state index in [4.69, 9.17) is 4.74 Å². The summed E-state index contributed by atoms with van der Waals surface area (Å²) in [5.41, 5.74) is 1.93. The van der Waals surface area contributed by atoms with E-state index in [0.717, 1.165) is 24.4 Å². The number of hydrogen-bond acceptors (Lipinski definition) is 3. The Morgan fingerprint density at radius 1 is 1.14 bits per heavy atom. The van der Waals surface area contributed by atoms with Gasteiger partial charge in [-0.15, -0.1) is 0 Å². The molecule has 0 amide bonds. The van der Waals surface area contributed by atoms with E-state index < -0.39 is 6.10 Å². The van der Waals surface area contributed by atoms with Gasteiger partial charge in [-0.05, 0) is 37.6 Å². The van der Waals surface area contributed by atoms with Crippen LogP contribution in [0.15, 0.2) is 42.5 Å². The number of aliphatic hydroxyl groups excluding tert-OH is 1. The molecule has 0 fully saturated rings. The van der Waals surface area contributed by atoms with Crippen LogP contribution >= 0.6 is 0 Å². The van der Waals surface area contributed by atoms with Crippen LogP contribution in [-0.2, 0) is 0 Å². The average molecular weight is 287 g/mol. The molecule has 1 atom stereocenters. The molecule has 1 heterocycles. The van der Waals surface area contributed by atoms with Crippen molar-refractivity contribution in [2.24, 2.45) is 0 Å². The third-order valence-electron chi connectivity index (χ3n) is 3.68. The number of halogens is 1. The van der Waals surface area contributed by atoms with E-state index in [-0.39, 0.29) is 5.82 Å². The lowest BCUT2D eigenvalue weighted by Gasteiger charge is -2.27. The van der Waals surface area contributed by atoms with E-state index in [2.05, 4.69) is 0 Å². The van der Waals surface area contributed by atoms with Gasteiger partial charge in [-0.1, -0.05) is 18.2 Å². The Bertz CT molecular complexity index is 642. The van der Waals surface area contributed by atoms with Crippen molar-refractivity contribution in [3.63, 3.8) is 0 Å². The normalized spacial score (nSPS) is 15.9. The molecule has 2 aromatic rings. The number of hydrogen-bond donors (Lipinski definition) is 1. The molecule has 0 radical (unpaired) electrons. The molecule has 0 saturated heterocycles. The van der Waals surface area contributed by atoms with Gasteiger partial charge in [-0.2, -0.15) is 0 Å². The summed E-state index contributed by atoms with van der Waals surface area (Å²) >= 11 is 0. The third kappa shape index (κ3) is 2.59. The lowest BCUT2D eigenvalue weighted by atomic mass is 10.1. The van der Waals surface area contributed by atoms with Crippen molar-refractivity contribution in [2.75, 3.05) is 18.1 Å². The van der Waals surface area contributed by atoms with E-state index in [1.807, 2.05) is 35.2 Å². The van der Waals surface area contributed by atoms with Gasteiger partial charge >= 0.3 is 0 Å². The third-order valence-corrected chi connectivity index (χ3v) is 3.68. The summed E-state index contributed by atoms with van der Waals surface area (Å²) in [6.45, 7) is 2.94. The summed E-state index contributed by atoms with van der Waals surface area (Å²) in [4.78, 5) is 2.02. The van der Waals surface area contributed by atoms with Gasteiger partial charge in [-0.25, -0.2) is 4.39 Å². The second-order valence-electron chi connectivity index (χ2n) is 5.17. The first kappa shape index (κ1) is 13.9. The van der Waals surface area contributed by atoms with Crippen molar-refractivity contribution >= 4 is 11.4 Å². The number of benzene rings is 2. The minimum Gasteiger partial charge on any atom is -0.491 e. The van der Waals surface area contributed by atoms with Crippen LogP contribution in [-0.4, -0.2) is 18.3 Å². The van der Waals surface area contributed by atoms with Crippen molar-refractivity contribution in [2.45, 2.75) is 19.4 Å². The number of ether oxygens (including phenoxy) is 1. The molecular formula is C17H18FNO2. The van der Waals surface area contributed by atoms with Crippen LogP contribution in [0.2, 0.25) is 0 Å². The van der Waals surface area contributed by atoms with Crippen LogP contribution in [0.1, 0.15) is 25.0 Å². The number of nitrogens with zero attached hydrogens (tertiary/aromatic N) is 1. The number of para-hydroxylation sites is 2. The monoisotopic (exact) mass is 287 g/mol. The largest absolute Gasteiger partial charge is 0.491 e. The highest BCUT2D eigenvalue weighted by Crippen LogP contribution is 2.39. The molecule has 4 heteroatoms. The van der Waals surface area contributed by atoms with Crippen LogP contribution in [0, 0.1) is 5.82 Å². The molecule has 1 aliphatic rings. The highest BCUT2D eigenvalue weighted by molar-refractivity contribution is 5.72. The molecule has 0 aromatic heterocycles. The smallest absolute Gasteiger partial charge is 0.142 e. The van der Waals surface area contributed by atoms with Crippen molar-refractivity contribution in [3.8, 4) is 5.75 Å². The van der Waals surface area contributed by atoms with Crippen molar-refractivity contribution < 1.29 is 14.2 Å². The molecule has 0 aliphatic carbocycles. The molecule has 0 saturated carbocycles. The zero-order valence-corrected chi connectivity index (χ0v) is 11.9. The summed E-state index contributed by atoms with van der Waals surface area (Å²) in [6.07, 6.45) is -0.0257. The first-order chi connectivity index (χ1) is 10.2. The van der Waals surface area contributed by atoms with Crippen molar-refractivity contribution in [1.82, 2.24) is 0 Å². The highest BCUT2D eigenvalue weighted by atomic mass is 19.1. The molecule has 3 rings (SSSR count). The van der Waals surface area contributed by atoms with Crippen LogP contribution in [0.25, 0.3) is 0 Å². The quantitative estimate of drug-likeness (QED) is 0.912. The van der Waals surface area contributed by atoms with Gasteiger partial charge in [-0.3, -0.25) is 0 Å². The molecule has 0 unspecified atom stereocenters. The molecule has 0 bridgehead atoms. The maximum Gasteiger partial charge on any atom is 0.142 e. The first-order valence-electron chi connectivity index (χ1n) is 7.14. The Morgan fingerprint density at radius 2 is 1.90 bits per heavy atom. The molecule has 2 aromatic carbocycles. The lowest BCUT2D eigenvalue weighted by Crippen LogP contribution is -2.20. The van der Waals surface area contributed by atoms with Crippen LogP contribution < -0.4 is 9.64 Å². The maximum absolute atomic E-state index is 14.1. The number of rotatable bonds is 2. The zero-order valence-electron chi connectivity index (χ0n) is 11.9. The maximum atomic E-state index is 14.1. The number of aliphatic hydroxyl groups is 1. The number of fused-ring (bicyclic) bond motifs is 1. The van der Waals surface area contributed by atoms with Crippen LogP contribution in [0.3, 0.4) is 0 Å². The second-order valence-corrected chi connectivity index (χ2v) is 5.17. The van der Waals surface area contributed by atoms with Gasteiger partial charge in [0, 0.05) is 17.8 Å². The Hall–Kier alpha value is -2.07.